The van der Waals surface area contributed by atoms with E-state index in [1.807, 2.05) is 20.8 Å². The number of nitrogens with one attached hydrogen (secondary N) is 2. The van der Waals surface area contributed by atoms with Crippen LogP contribution in [0.25, 0.3) is 0 Å². The van der Waals surface area contributed by atoms with Gasteiger partial charge in [-0.25, -0.2) is 8.78 Å². The number of hydrogen-bond acceptors (Lipinski definition) is 2. The first-order valence-corrected chi connectivity index (χ1v) is 5.72. The van der Waals surface area contributed by atoms with Gasteiger partial charge in [-0.3, -0.25) is 4.79 Å². The Morgan fingerprint density at radius 1 is 1.22 bits per heavy atom. The predicted octanol–water partition coefficient (Wildman–Crippen LogP) is 2.68. The summed E-state index contributed by atoms with van der Waals surface area (Å²) < 4.78 is 25.7. The molecule has 1 atom stereocenters. The van der Waals surface area contributed by atoms with Gasteiger partial charge in [0.15, 0.2) is 11.6 Å². The lowest BCUT2D eigenvalue weighted by Crippen LogP contribution is -2.47. The summed E-state index contributed by atoms with van der Waals surface area (Å²) in [6, 6.07) is 2.90. The second kappa shape index (κ2) is 5.33. The number of anilines is 1. The van der Waals surface area contributed by atoms with Crippen LogP contribution in [-0.2, 0) is 4.79 Å². The van der Waals surface area contributed by atoms with E-state index in [-0.39, 0.29) is 11.4 Å². The molecule has 1 aromatic carbocycles. The number of carbonyl (C=O) groups is 1. The lowest BCUT2D eigenvalue weighted by molar-refractivity contribution is -0.122. The Balaban J connectivity index is 2.66. The molecule has 0 bridgehead atoms. The number of rotatable bonds is 3. The molecule has 1 aromatic rings. The maximum Gasteiger partial charge on any atom is 0.242 e. The van der Waals surface area contributed by atoms with Crippen LogP contribution in [0.1, 0.15) is 27.7 Å². The van der Waals surface area contributed by atoms with Crippen molar-refractivity contribution in [2.24, 2.45) is 0 Å². The van der Waals surface area contributed by atoms with E-state index in [0.717, 1.165) is 12.1 Å². The number of carbonyl (C=O) groups excluding carboxylic acids is 1. The van der Waals surface area contributed by atoms with Crippen LogP contribution in [-0.4, -0.2) is 17.5 Å². The minimum atomic E-state index is -0.941. The van der Waals surface area contributed by atoms with Crippen molar-refractivity contribution in [1.29, 1.82) is 0 Å². The molecule has 0 aliphatic carbocycles. The molecule has 18 heavy (non-hydrogen) atoms. The third kappa shape index (κ3) is 4.31. The van der Waals surface area contributed by atoms with Crippen LogP contribution in [0.2, 0.25) is 0 Å². The maximum atomic E-state index is 13.0. The van der Waals surface area contributed by atoms with Gasteiger partial charge in [-0.05, 0) is 39.8 Å². The standard InChI is InChI=1S/C13H18F2N2O/c1-8(12(18)17-13(2,3)4)16-9-5-6-10(14)11(15)7-9/h5-8,16H,1-4H3,(H,17,18). The summed E-state index contributed by atoms with van der Waals surface area (Å²) in [6.45, 7) is 7.27. The van der Waals surface area contributed by atoms with E-state index in [2.05, 4.69) is 10.6 Å². The summed E-state index contributed by atoms with van der Waals surface area (Å²) in [6.07, 6.45) is 0. The Morgan fingerprint density at radius 3 is 2.33 bits per heavy atom. The normalized spacial score (nSPS) is 13.0. The molecule has 100 valence electrons. The lowest BCUT2D eigenvalue weighted by Gasteiger charge is -2.24. The van der Waals surface area contributed by atoms with E-state index < -0.39 is 17.7 Å². The van der Waals surface area contributed by atoms with Crippen molar-refractivity contribution in [3.63, 3.8) is 0 Å². The molecule has 0 radical (unpaired) electrons. The van der Waals surface area contributed by atoms with Crippen LogP contribution in [0.15, 0.2) is 18.2 Å². The molecule has 0 aliphatic heterocycles. The molecule has 1 rings (SSSR count). The van der Waals surface area contributed by atoms with Crippen molar-refractivity contribution < 1.29 is 13.6 Å². The van der Waals surface area contributed by atoms with Crippen LogP contribution < -0.4 is 10.6 Å². The van der Waals surface area contributed by atoms with Crippen LogP contribution in [0, 0.1) is 11.6 Å². The maximum absolute atomic E-state index is 13.0. The highest BCUT2D eigenvalue weighted by Gasteiger charge is 2.19. The second-order valence-corrected chi connectivity index (χ2v) is 5.23. The molecule has 0 heterocycles. The zero-order valence-electron chi connectivity index (χ0n) is 11.0. The Labute approximate surface area is 106 Å². The highest BCUT2D eigenvalue weighted by Crippen LogP contribution is 2.14. The monoisotopic (exact) mass is 256 g/mol. The SMILES string of the molecule is CC(Nc1ccc(F)c(F)c1)C(=O)NC(C)(C)C. The Morgan fingerprint density at radius 2 is 1.83 bits per heavy atom. The van der Waals surface area contributed by atoms with E-state index in [0.29, 0.717) is 5.69 Å². The van der Waals surface area contributed by atoms with Gasteiger partial charge < -0.3 is 10.6 Å². The Hall–Kier alpha value is -1.65. The van der Waals surface area contributed by atoms with Gasteiger partial charge in [-0.15, -0.1) is 0 Å². The van der Waals surface area contributed by atoms with Crippen LogP contribution in [0.5, 0.6) is 0 Å². The molecule has 0 saturated carbocycles. The number of benzene rings is 1. The first kappa shape index (κ1) is 14.4. The fourth-order valence-corrected chi connectivity index (χ4v) is 1.38. The summed E-state index contributed by atoms with van der Waals surface area (Å²) >= 11 is 0. The van der Waals surface area contributed by atoms with E-state index in [9.17, 15) is 13.6 Å². The van der Waals surface area contributed by atoms with Gasteiger partial charge in [0.05, 0.1) is 0 Å². The molecule has 0 saturated heterocycles. The van der Waals surface area contributed by atoms with Crippen molar-refractivity contribution in [3.8, 4) is 0 Å². The number of amides is 1. The van der Waals surface area contributed by atoms with Crippen molar-refractivity contribution in [1.82, 2.24) is 5.32 Å². The lowest BCUT2D eigenvalue weighted by atomic mass is 10.1. The number of hydrogen-bond donors (Lipinski definition) is 2. The van der Waals surface area contributed by atoms with Gasteiger partial charge in [0, 0.05) is 17.3 Å². The van der Waals surface area contributed by atoms with Crippen LogP contribution in [0.3, 0.4) is 0 Å². The van der Waals surface area contributed by atoms with Gasteiger partial charge in [-0.2, -0.15) is 0 Å². The highest BCUT2D eigenvalue weighted by molar-refractivity contribution is 5.84. The minimum Gasteiger partial charge on any atom is -0.374 e. The van der Waals surface area contributed by atoms with E-state index in [4.69, 9.17) is 0 Å². The zero-order valence-corrected chi connectivity index (χ0v) is 11.0. The van der Waals surface area contributed by atoms with Crippen LogP contribution in [0.4, 0.5) is 14.5 Å². The third-order valence-electron chi connectivity index (χ3n) is 2.19. The summed E-state index contributed by atoms with van der Waals surface area (Å²) in [5.41, 5.74) is 0.0339. The molecule has 5 heteroatoms. The predicted molar refractivity (Wildman–Crippen MR) is 67.3 cm³/mol. The van der Waals surface area contributed by atoms with Crippen LogP contribution >= 0.6 is 0 Å². The average molecular weight is 256 g/mol. The van der Waals surface area contributed by atoms with Gasteiger partial charge in [-0.1, -0.05) is 0 Å². The molecule has 0 fully saturated rings. The fraction of sp³-hybridized carbons (Fsp3) is 0.462. The molecule has 1 unspecified atom stereocenters. The van der Waals surface area contributed by atoms with Gasteiger partial charge in [0.2, 0.25) is 5.91 Å². The van der Waals surface area contributed by atoms with E-state index in [1.165, 1.54) is 6.07 Å². The van der Waals surface area contributed by atoms with Crippen molar-refractivity contribution >= 4 is 11.6 Å². The fourth-order valence-electron chi connectivity index (χ4n) is 1.38. The molecule has 0 aromatic heterocycles. The smallest absolute Gasteiger partial charge is 0.242 e. The molecule has 1 amide bonds. The number of halogens is 2. The zero-order chi connectivity index (χ0) is 13.9. The largest absolute Gasteiger partial charge is 0.374 e. The molecule has 0 aliphatic rings. The van der Waals surface area contributed by atoms with Crippen molar-refractivity contribution in [3.05, 3.63) is 29.8 Å². The second-order valence-electron chi connectivity index (χ2n) is 5.23. The Bertz CT molecular complexity index is 441. The molecular formula is C13H18F2N2O. The van der Waals surface area contributed by atoms with Crippen molar-refractivity contribution in [2.75, 3.05) is 5.32 Å². The molecule has 3 nitrogen and oxygen atoms in total. The summed E-state index contributed by atoms with van der Waals surface area (Å²) in [7, 11) is 0. The molecule has 2 N–H and O–H groups in total. The topological polar surface area (TPSA) is 41.1 Å². The van der Waals surface area contributed by atoms with E-state index >= 15 is 0 Å². The van der Waals surface area contributed by atoms with Gasteiger partial charge in [0.25, 0.3) is 0 Å². The minimum absolute atomic E-state index is 0.202. The first-order valence-electron chi connectivity index (χ1n) is 5.72. The van der Waals surface area contributed by atoms with Gasteiger partial charge in [0.1, 0.15) is 6.04 Å². The van der Waals surface area contributed by atoms with Crippen molar-refractivity contribution in [2.45, 2.75) is 39.3 Å². The van der Waals surface area contributed by atoms with Gasteiger partial charge >= 0.3 is 0 Å². The summed E-state index contributed by atoms with van der Waals surface area (Å²) in [4.78, 5) is 11.8. The molecular weight excluding hydrogens is 238 g/mol. The quantitative estimate of drug-likeness (QED) is 0.873. The summed E-state index contributed by atoms with van der Waals surface area (Å²) in [5, 5.41) is 5.61. The summed E-state index contributed by atoms with van der Waals surface area (Å²) in [5.74, 6) is -2.05. The highest BCUT2D eigenvalue weighted by atomic mass is 19.2. The Kier molecular flexibility index (Phi) is 4.27. The van der Waals surface area contributed by atoms with E-state index in [1.54, 1.807) is 6.92 Å². The average Bonchev–Trinajstić information content (AvgIpc) is 2.21. The third-order valence-corrected chi connectivity index (χ3v) is 2.19. The molecule has 0 spiro atoms. The first-order chi connectivity index (χ1) is 8.19.